The van der Waals surface area contributed by atoms with Crippen LogP contribution in [0.2, 0.25) is 0 Å². The number of rotatable bonds is 3. The van der Waals surface area contributed by atoms with Gasteiger partial charge in [0.2, 0.25) is 0 Å². The molecule has 0 amide bonds. The molecule has 1 heterocycles. The fraction of sp³-hybridized carbons (Fsp3) is 0.500. The predicted octanol–water partition coefficient (Wildman–Crippen LogP) is -0.358. The largest absolute Gasteiger partial charge is 0.388 e. The zero-order chi connectivity index (χ0) is 12.3. The average Bonchev–Trinajstić information content (AvgIpc) is 2.35. The maximum Gasteiger partial charge on any atom is 0.183 e. The molecule has 0 bridgehead atoms. The van der Waals surface area contributed by atoms with Crippen molar-refractivity contribution in [3.05, 3.63) is 35.9 Å². The molecule has 0 saturated carbocycles. The van der Waals surface area contributed by atoms with Gasteiger partial charge in [0.15, 0.2) is 6.29 Å². The van der Waals surface area contributed by atoms with Crippen molar-refractivity contribution in [3.63, 3.8) is 0 Å². The van der Waals surface area contributed by atoms with Crippen molar-refractivity contribution in [2.24, 2.45) is 0 Å². The number of benzene rings is 1. The van der Waals surface area contributed by atoms with Crippen LogP contribution in [-0.2, 0) is 16.1 Å². The molecule has 0 spiro atoms. The first-order valence-electron chi connectivity index (χ1n) is 5.50. The van der Waals surface area contributed by atoms with Crippen LogP contribution in [0.4, 0.5) is 0 Å². The minimum Gasteiger partial charge on any atom is -0.388 e. The number of aliphatic hydroxyl groups is 3. The Kier molecular flexibility index (Phi) is 4.09. The van der Waals surface area contributed by atoms with E-state index in [0.29, 0.717) is 0 Å². The second kappa shape index (κ2) is 5.57. The van der Waals surface area contributed by atoms with Gasteiger partial charge >= 0.3 is 0 Å². The van der Waals surface area contributed by atoms with Crippen LogP contribution in [0.1, 0.15) is 5.56 Å². The summed E-state index contributed by atoms with van der Waals surface area (Å²) in [5.74, 6) is 0. The van der Waals surface area contributed by atoms with Crippen LogP contribution in [0.5, 0.6) is 0 Å². The molecular weight excluding hydrogens is 224 g/mol. The summed E-state index contributed by atoms with van der Waals surface area (Å²) in [6.45, 7) is 0.156. The van der Waals surface area contributed by atoms with Gasteiger partial charge in [0.1, 0.15) is 18.3 Å². The normalized spacial score (nSPS) is 33.6. The highest BCUT2D eigenvalue weighted by Crippen LogP contribution is 2.18. The zero-order valence-corrected chi connectivity index (χ0v) is 9.27. The quantitative estimate of drug-likeness (QED) is 0.672. The SMILES string of the molecule is O[C@@H]1[C@@H](OCc2ccccc2)[C@@H](O)OC[C@H]1O. The van der Waals surface area contributed by atoms with Crippen LogP contribution in [0.15, 0.2) is 30.3 Å². The monoisotopic (exact) mass is 240 g/mol. The van der Waals surface area contributed by atoms with Crippen molar-refractivity contribution < 1.29 is 24.8 Å². The summed E-state index contributed by atoms with van der Waals surface area (Å²) in [5.41, 5.74) is 0.923. The first kappa shape index (κ1) is 12.5. The van der Waals surface area contributed by atoms with Crippen LogP contribution < -0.4 is 0 Å². The number of aliphatic hydroxyl groups excluding tert-OH is 3. The Balaban J connectivity index is 1.93. The molecule has 0 unspecified atom stereocenters. The maximum absolute atomic E-state index is 9.67. The Hall–Kier alpha value is -0.980. The summed E-state index contributed by atoms with van der Waals surface area (Å²) in [5, 5.41) is 28.6. The molecule has 5 nitrogen and oxygen atoms in total. The summed E-state index contributed by atoms with van der Waals surface area (Å²) in [6.07, 6.45) is -4.31. The summed E-state index contributed by atoms with van der Waals surface area (Å²) >= 11 is 0. The molecule has 1 saturated heterocycles. The lowest BCUT2D eigenvalue weighted by molar-refractivity contribution is -0.267. The molecule has 0 aliphatic carbocycles. The summed E-state index contributed by atoms with van der Waals surface area (Å²) in [6, 6.07) is 9.38. The molecule has 4 atom stereocenters. The van der Waals surface area contributed by atoms with Crippen LogP contribution in [0.3, 0.4) is 0 Å². The summed E-state index contributed by atoms with van der Waals surface area (Å²) < 4.78 is 10.3. The van der Waals surface area contributed by atoms with E-state index in [1.807, 2.05) is 30.3 Å². The lowest BCUT2D eigenvalue weighted by Gasteiger charge is -2.35. The third-order valence-corrected chi connectivity index (χ3v) is 2.73. The van der Waals surface area contributed by atoms with E-state index < -0.39 is 24.6 Å². The Morgan fingerprint density at radius 1 is 1.18 bits per heavy atom. The molecule has 1 aliphatic rings. The van der Waals surface area contributed by atoms with Gasteiger partial charge in [-0.25, -0.2) is 0 Å². The maximum atomic E-state index is 9.67. The fourth-order valence-corrected chi connectivity index (χ4v) is 1.73. The van der Waals surface area contributed by atoms with Gasteiger partial charge in [0.25, 0.3) is 0 Å². The van der Waals surface area contributed by atoms with Gasteiger partial charge in [-0.2, -0.15) is 0 Å². The lowest BCUT2D eigenvalue weighted by Crippen LogP contribution is -2.53. The molecule has 1 aliphatic heterocycles. The van der Waals surface area contributed by atoms with Crippen LogP contribution in [-0.4, -0.2) is 46.5 Å². The fourth-order valence-electron chi connectivity index (χ4n) is 1.73. The molecule has 3 N–H and O–H groups in total. The van der Waals surface area contributed by atoms with E-state index in [1.165, 1.54) is 0 Å². The third-order valence-electron chi connectivity index (χ3n) is 2.73. The Morgan fingerprint density at radius 3 is 2.59 bits per heavy atom. The van der Waals surface area contributed by atoms with E-state index in [4.69, 9.17) is 9.47 Å². The highest BCUT2D eigenvalue weighted by atomic mass is 16.6. The average molecular weight is 240 g/mol. The van der Waals surface area contributed by atoms with E-state index in [9.17, 15) is 15.3 Å². The Labute approximate surface area is 99.2 Å². The zero-order valence-electron chi connectivity index (χ0n) is 9.27. The van der Waals surface area contributed by atoms with Gasteiger partial charge < -0.3 is 24.8 Å². The molecular formula is C12H16O5. The highest BCUT2D eigenvalue weighted by molar-refractivity contribution is 5.13. The van der Waals surface area contributed by atoms with Gasteiger partial charge in [0, 0.05) is 0 Å². The van der Waals surface area contributed by atoms with Gasteiger partial charge in [0.05, 0.1) is 13.2 Å². The molecule has 2 rings (SSSR count). The predicted molar refractivity (Wildman–Crippen MR) is 59.0 cm³/mol. The van der Waals surface area contributed by atoms with Gasteiger partial charge in [-0.3, -0.25) is 0 Å². The second-order valence-corrected chi connectivity index (χ2v) is 4.04. The van der Waals surface area contributed by atoms with Crippen molar-refractivity contribution in [3.8, 4) is 0 Å². The molecule has 1 aromatic carbocycles. The van der Waals surface area contributed by atoms with Crippen molar-refractivity contribution in [1.82, 2.24) is 0 Å². The first-order chi connectivity index (χ1) is 8.18. The second-order valence-electron chi connectivity index (χ2n) is 4.04. The van der Waals surface area contributed by atoms with Crippen molar-refractivity contribution in [1.29, 1.82) is 0 Å². The van der Waals surface area contributed by atoms with E-state index in [-0.39, 0.29) is 13.2 Å². The smallest absolute Gasteiger partial charge is 0.183 e. The van der Waals surface area contributed by atoms with Gasteiger partial charge in [-0.05, 0) is 5.56 Å². The van der Waals surface area contributed by atoms with E-state index in [1.54, 1.807) is 0 Å². The summed E-state index contributed by atoms with van der Waals surface area (Å²) in [7, 11) is 0. The highest BCUT2D eigenvalue weighted by Gasteiger charge is 2.38. The van der Waals surface area contributed by atoms with E-state index in [2.05, 4.69) is 0 Å². The van der Waals surface area contributed by atoms with Crippen LogP contribution in [0, 0.1) is 0 Å². The number of hydrogen-bond donors (Lipinski definition) is 3. The molecule has 5 heteroatoms. The number of ether oxygens (including phenoxy) is 2. The topological polar surface area (TPSA) is 79.2 Å². The molecule has 94 valence electrons. The van der Waals surface area contributed by atoms with Crippen molar-refractivity contribution in [2.75, 3.05) is 6.61 Å². The van der Waals surface area contributed by atoms with E-state index >= 15 is 0 Å². The van der Waals surface area contributed by atoms with E-state index in [0.717, 1.165) is 5.56 Å². The van der Waals surface area contributed by atoms with Crippen molar-refractivity contribution >= 4 is 0 Å². The minimum absolute atomic E-state index is 0.0898. The Morgan fingerprint density at radius 2 is 1.88 bits per heavy atom. The summed E-state index contributed by atoms with van der Waals surface area (Å²) in [4.78, 5) is 0. The molecule has 0 aromatic heterocycles. The van der Waals surface area contributed by atoms with Crippen molar-refractivity contribution in [2.45, 2.75) is 31.2 Å². The number of hydrogen-bond acceptors (Lipinski definition) is 5. The Bertz CT molecular complexity index is 342. The van der Waals surface area contributed by atoms with Crippen LogP contribution in [0.25, 0.3) is 0 Å². The standard InChI is InChI=1S/C12H16O5/c13-9-7-17-12(15)11(10(9)14)16-6-8-4-2-1-3-5-8/h1-5,9-15H,6-7H2/t9-,10+,11-,12+/m1/s1. The van der Waals surface area contributed by atoms with Gasteiger partial charge in [-0.1, -0.05) is 30.3 Å². The molecule has 0 radical (unpaired) electrons. The molecule has 1 aromatic rings. The third kappa shape index (κ3) is 3.02. The van der Waals surface area contributed by atoms with Crippen LogP contribution >= 0.6 is 0 Å². The minimum atomic E-state index is -1.21. The lowest BCUT2D eigenvalue weighted by atomic mass is 10.1. The molecule has 17 heavy (non-hydrogen) atoms. The van der Waals surface area contributed by atoms with Gasteiger partial charge in [-0.15, -0.1) is 0 Å². The first-order valence-corrected chi connectivity index (χ1v) is 5.50. The molecule has 1 fully saturated rings.